The standard InChI is InChI=1S/C13H18N2O6/c1-13(2,3)21-12(20)14-8(11(18)19)6-7-15-9(16)4-5-10(15)17/h4-5,8H,6-7H2,1-3H3,(H,14,20)(H,18,19)/t8-/m0/s1. The number of nitrogens with one attached hydrogen (secondary N) is 1. The third-order valence-electron chi connectivity index (χ3n) is 2.53. The van der Waals surface area contributed by atoms with Crippen LogP contribution in [0.25, 0.3) is 0 Å². The van der Waals surface area contributed by atoms with Crippen molar-refractivity contribution in [3.8, 4) is 0 Å². The molecule has 2 N–H and O–H groups in total. The largest absolute Gasteiger partial charge is 0.480 e. The second-order valence-corrected chi connectivity index (χ2v) is 5.49. The molecule has 0 aromatic carbocycles. The zero-order valence-electron chi connectivity index (χ0n) is 12.1. The number of imide groups is 1. The van der Waals surface area contributed by atoms with Gasteiger partial charge in [0, 0.05) is 18.7 Å². The Balaban J connectivity index is 2.55. The zero-order chi connectivity index (χ0) is 16.2. The van der Waals surface area contributed by atoms with Crippen LogP contribution in [-0.2, 0) is 19.1 Å². The molecule has 1 rings (SSSR count). The summed E-state index contributed by atoms with van der Waals surface area (Å²) in [6.45, 7) is 4.85. The van der Waals surface area contributed by atoms with Gasteiger partial charge in [-0.05, 0) is 27.2 Å². The summed E-state index contributed by atoms with van der Waals surface area (Å²) in [7, 11) is 0. The van der Waals surface area contributed by atoms with Crippen molar-refractivity contribution < 1.29 is 29.0 Å². The molecule has 0 aliphatic carbocycles. The highest BCUT2D eigenvalue weighted by Gasteiger charge is 2.28. The van der Waals surface area contributed by atoms with E-state index < -0.39 is 35.5 Å². The van der Waals surface area contributed by atoms with E-state index in [1.54, 1.807) is 20.8 Å². The number of hydrogen-bond donors (Lipinski definition) is 2. The van der Waals surface area contributed by atoms with Gasteiger partial charge in [-0.3, -0.25) is 14.5 Å². The first-order valence-corrected chi connectivity index (χ1v) is 6.36. The molecule has 0 saturated heterocycles. The number of alkyl carbamates (subject to hydrolysis) is 1. The first-order chi connectivity index (χ1) is 9.60. The normalized spacial score (nSPS) is 16.0. The minimum Gasteiger partial charge on any atom is -0.480 e. The molecular weight excluding hydrogens is 280 g/mol. The SMILES string of the molecule is CC(C)(C)OC(=O)N[C@@H](CCN1C(=O)C=CC1=O)C(=O)O. The molecule has 0 spiro atoms. The Morgan fingerprint density at radius 2 is 1.81 bits per heavy atom. The van der Waals surface area contributed by atoms with Crippen molar-refractivity contribution in [1.29, 1.82) is 0 Å². The Labute approximate surface area is 121 Å². The summed E-state index contributed by atoms with van der Waals surface area (Å²) in [4.78, 5) is 46.2. The first-order valence-electron chi connectivity index (χ1n) is 6.36. The average molecular weight is 298 g/mol. The van der Waals surface area contributed by atoms with Crippen LogP contribution < -0.4 is 5.32 Å². The number of carboxylic acids is 1. The lowest BCUT2D eigenvalue weighted by Gasteiger charge is -2.22. The van der Waals surface area contributed by atoms with Crippen LogP contribution in [0.2, 0.25) is 0 Å². The lowest BCUT2D eigenvalue weighted by atomic mass is 10.2. The Kier molecular flexibility index (Phi) is 5.07. The van der Waals surface area contributed by atoms with Crippen LogP contribution in [0, 0.1) is 0 Å². The number of ether oxygens (including phenoxy) is 1. The highest BCUT2D eigenvalue weighted by atomic mass is 16.6. The van der Waals surface area contributed by atoms with Gasteiger partial charge in [-0.1, -0.05) is 0 Å². The van der Waals surface area contributed by atoms with Gasteiger partial charge in [0.15, 0.2) is 0 Å². The maximum Gasteiger partial charge on any atom is 0.408 e. The molecule has 1 aliphatic rings. The molecule has 3 amide bonds. The number of carbonyl (C=O) groups excluding carboxylic acids is 3. The smallest absolute Gasteiger partial charge is 0.408 e. The van der Waals surface area contributed by atoms with Gasteiger partial charge in [0.2, 0.25) is 0 Å². The monoisotopic (exact) mass is 298 g/mol. The van der Waals surface area contributed by atoms with E-state index in [9.17, 15) is 19.2 Å². The fourth-order valence-corrected chi connectivity index (χ4v) is 1.62. The van der Waals surface area contributed by atoms with Gasteiger partial charge in [-0.25, -0.2) is 9.59 Å². The predicted molar refractivity (Wildman–Crippen MR) is 71.3 cm³/mol. The summed E-state index contributed by atoms with van der Waals surface area (Å²) in [5.74, 6) is -2.27. The summed E-state index contributed by atoms with van der Waals surface area (Å²) < 4.78 is 4.96. The summed E-state index contributed by atoms with van der Waals surface area (Å²) in [6.07, 6.45) is 1.25. The summed E-state index contributed by atoms with van der Waals surface area (Å²) >= 11 is 0. The average Bonchev–Trinajstić information content (AvgIpc) is 2.62. The summed E-state index contributed by atoms with van der Waals surface area (Å²) in [6, 6.07) is -1.25. The molecule has 0 radical (unpaired) electrons. The van der Waals surface area contributed by atoms with Crippen LogP contribution >= 0.6 is 0 Å². The third kappa shape index (κ3) is 5.25. The zero-order valence-corrected chi connectivity index (χ0v) is 12.1. The van der Waals surface area contributed by atoms with E-state index in [2.05, 4.69) is 5.32 Å². The fourth-order valence-electron chi connectivity index (χ4n) is 1.62. The molecule has 8 heteroatoms. The topological polar surface area (TPSA) is 113 Å². The molecule has 0 bridgehead atoms. The van der Waals surface area contributed by atoms with E-state index in [1.165, 1.54) is 0 Å². The quantitative estimate of drug-likeness (QED) is 0.705. The highest BCUT2D eigenvalue weighted by molar-refractivity contribution is 6.12. The molecular formula is C13H18N2O6. The molecule has 0 unspecified atom stereocenters. The van der Waals surface area contributed by atoms with Crippen LogP contribution in [0.3, 0.4) is 0 Å². The summed E-state index contributed by atoms with van der Waals surface area (Å²) in [5, 5.41) is 11.2. The summed E-state index contributed by atoms with van der Waals surface area (Å²) in [5.41, 5.74) is -0.752. The van der Waals surface area contributed by atoms with E-state index in [0.29, 0.717) is 0 Å². The van der Waals surface area contributed by atoms with Crippen molar-refractivity contribution in [3.63, 3.8) is 0 Å². The molecule has 0 aromatic heterocycles. The molecule has 1 aliphatic heterocycles. The van der Waals surface area contributed by atoms with Gasteiger partial charge in [-0.15, -0.1) is 0 Å². The van der Waals surface area contributed by atoms with E-state index in [1.807, 2.05) is 0 Å². The van der Waals surface area contributed by atoms with Gasteiger partial charge >= 0.3 is 12.1 Å². The van der Waals surface area contributed by atoms with Gasteiger partial charge in [-0.2, -0.15) is 0 Å². The molecule has 8 nitrogen and oxygen atoms in total. The van der Waals surface area contributed by atoms with E-state index in [-0.39, 0.29) is 13.0 Å². The molecule has 1 atom stereocenters. The van der Waals surface area contributed by atoms with Crippen molar-refractivity contribution >= 4 is 23.9 Å². The number of carboxylic acid groups (broad SMARTS) is 1. The molecule has 0 fully saturated rings. The van der Waals surface area contributed by atoms with E-state index in [0.717, 1.165) is 17.1 Å². The number of carbonyl (C=O) groups is 4. The lowest BCUT2D eigenvalue weighted by molar-refractivity contribution is -0.142. The lowest BCUT2D eigenvalue weighted by Crippen LogP contribution is -2.45. The van der Waals surface area contributed by atoms with Crippen LogP contribution in [0.5, 0.6) is 0 Å². The second-order valence-electron chi connectivity index (χ2n) is 5.49. The second kappa shape index (κ2) is 6.38. The van der Waals surface area contributed by atoms with Crippen LogP contribution in [-0.4, -0.2) is 52.1 Å². The van der Waals surface area contributed by atoms with Crippen molar-refractivity contribution in [1.82, 2.24) is 10.2 Å². The van der Waals surface area contributed by atoms with E-state index in [4.69, 9.17) is 9.84 Å². The molecule has 0 aromatic rings. The van der Waals surface area contributed by atoms with Crippen molar-refractivity contribution in [3.05, 3.63) is 12.2 Å². The first kappa shape index (κ1) is 16.7. The van der Waals surface area contributed by atoms with Crippen LogP contribution in [0.15, 0.2) is 12.2 Å². The van der Waals surface area contributed by atoms with Crippen LogP contribution in [0.1, 0.15) is 27.2 Å². The van der Waals surface area contributed by atoms with Gasteiger partial charge in [0.05, 0.1) is 0 Å². The number of aliphatic carboxylic acids is 1. The molecule has 1 heterocycles. The van der Waals surface area contributed by atoms with Crippen molar-refractivity contribution in [2.75, 3.05) is 6.54 Å². The Hall–Kier alpha value is -2.38. The minimum atomic E-state index is -1.27. The van der Waals surface area contributed by atoms with Crippen molar-refractivity contribution in [2.24, 2.45) is 0 Å². The Bertz CT molecular complexity index is 473. The molecule has 0 saturated carbocycles. The predicted octanol–water partition coefficient (Wildman–Crippen LogP) is 0.279. The Morgan fingerprint density at radius 3 is 2.24 bits per heavy atom. The highest BCUT2D eigenvalue weighted by Crippen LogP contribution is 2.09. The van der Waals surface area contributed by atoms with Crippen molar-refractivity contribution in [2.45, 2.75) is 38.8 Å². The maximum absolute atomic E-state index is 11.5. The fraction of sp³-hybridized carbons (Fsp3) is 0.538. The number of nitrogens with zero attached hydrogens (tertiary/aromatic N) is 1. The number of hydrogen-bond acceptors (Lipinski definition) is 5. The van der Waals surface area contributed by atoms with Gasteiger partial charge in [0.1, 0.15) is 11.6 Å². The van der Waals surface area contributed by atoms with Gasteiger partial charge in [0.25, 0.3) is 11.8 Å². The number of amides is 3. The molecule has 116 valence electrons. The van der Waals surface area contributed by atoms with Crippen LogP contribution in [0.4, 0.5) is 4.79 Å². The van der Waals surface area contributed by atoms with Gasteiger partial charge < -0.3 is 15.2 Å². The Morgan fingerprint density at radius 1 is 1.29 bits per heavy atom. The third-order valence-corrected chi connectivity index (χ3v) is 2.53. The minimum absolute atomic E-state index is 0.0998. The van der Waals surface area contributed by atoms with E-state index >= 15 is 0 Å². The number of rotatable bonds is 5. The maximum atomic E-state index is 11.5. The molecule has 21 heavy (non-hydrogen) atoms.